The number of hydrogen-bond donors (Lipinski definition) is 2. The van der Waals surface area contributed by atoms with E-state index < -0.39 is 16.1 Å². The Kier molecular flexibility index (Phi) is 4.28. The van der Waals surface area contributed by atoms with Gasteiger partial charge >= 0.3 is 0 Å². The lowest BCUT2D eigenvalue weighted by atomic mass is 9.93. The molecular weight excluding hydrogens is 262 g/mol. The number of hydrogen-bond acceptors (Lipinski definition) is 3. The molecule has 1 aromatic rings. The van der Waals surface area contributed by atoms with E-state index in [0.29, 0.717) is 13.0 Å². The summed E-state index contributed by atoms with van der Waals surface area (Å²) in [5.41, 5.74) is 0.539. The van der Waals surface area contributed by atoms with Crippen LogP contribution in [0.4, 0.5) is 0 Å². The zero-order chi connectivity index (χ0) is 13.9. The maximum absolute atomic E-state index is 11.7. The van der Waals surface area contributed by atoms with Crippen molar-refractivity contribution in [3.8, 4) is 0 Å². The number of nitrogens with one attached hydrogen (secondary N) is 1. The third-order valence-electron chi connectivity index (χ3n) is 3.70. The first kappa shape index (κ1) is 14.5. The second-order valence-electron chi connectivity index (χ2n) is 5.32. The highest BCUT2D eigenvalue weighted by Gasteiger charge is 2.49. The second kappa shape index (κ2) is 5.61. The molecule has 0 saturated heterocycles. The highest BCUT2D eigenvalue weighted by atomic mass is 32.2. The van der Waals surface area contributed by atoms with E-state index in [1.54, 1.807) is 0 Å². The molecule has 0 spiro atoms. The van der Waals surface area contributed by atoms with Crippen molar-refractivity contribution in [3.63, 3.8) is 0 Å². The molecule has 1 aliphatic rings. The van der Waals surface area contributed by atoms with Crippen LogP contribution in [0.25, 0.3) is 0 Å². The van der Waals surface area contributed by atoms with Crippen LogP contribution in [0, 0.1) is 5.41 Å². The minimum absolute atomic E-state index is 0.143. The molecule has 2 rings (SSSR count). The fraction of sp³-hybridized carbons (Fsp3) is 0.571. The summed E-state index contributed by atoms with van der Waals surface area (Å²) in [5, 5.41) is 10.4. The number of rotatable bonds is 7. The SMILES string of the molecule is CCCS(=O)(=O)NCC1(C(O)c2ccccc2)CC1. The fourth-order valence-electron chi connectivity index (χ4n) is 2.29. The van der Waals surface area contributed by atoms with Crippen LogP contribution in [-0.4, -0.2) is 25.8 Å². The number of sulfonamides is 1. The van der Waals surface area contributed by atoms with Crippen LogP contribution in [-0.2, 0) is 10.0 Å². The molecular formula is C14H21NO3S. The highest BCUT2D eigenvalue weighted by molar-refractivity contribution is 7.89. The number of aliphatic hydroxyl groups is 1. The van der Waals surface area contributed by atoms with E-state index in [1.807, 2.05) is 37.3 Å². The van der Waals surface area contributed by atoms with Gasteiger partial charge in [-0.05, 0) is 24.8 Å². The van der Waals surface area contributed by atoms with Crippen LogP contribution in [0.5, 0.6) is 0 Å². The molecule has 19 heavy (non-hydrogen) atoms. The van der Waals surface area contributed by atoms with E-state index in [4.69, 9.17) is 0 Å². The summed E-state index contributed by atoms with van der Waals surface area (Å²) in [6.07, 6.45) is 1.72. The molecule has 0 heterocycles. The maximum atomic E-state index is 11.7. The predicted octanol–water partition coefficient (Wildman–Crippen LogP) is 1.83. The quantitative estimate of drug-likeness (QED) is 0.802. The summed E-state index contributed by atoms with van der Waals surface area (Å²) >= 11 is 0. The van der Waals surface area contributed by atoms with Crippen LogP contribution < -0.4 is 4.72 Å². The molecule has 1 aliphatic carbocycles. The average molecular weight is 283 g/mol. The second-order valence-corrected chi connectivity index (χ2v) is 7.24. The van der Waals surface area contributed by atoms with Gasteiger partial charge < -0.3 is 5.11 Å². The number of aliphatic hydroxyl groups excluding tert-OH is 1. The Morgan fingerprint density at radius 1 is 1.32 bits per heavy atom. The van der Waals surface area contributed by atoms with Crippen molar-refractivity contribution in [1.82, 2.24) is 4.72 Å². The van der Waals surface area contributed by atoms with Crippen molar-refractivity contribution in [3.05, 3.63) is 35.9 Å². The van der Waals surface area contributed by atoms with E-state index in [-0.39, 0.29) is 11.2 Å². The zero-order valence-electron chi connectivity index (χ0n) is 11.2. The summed E-state index contributed by atoms with van der Waals surface area (Å²) in [4.78, 5) is 0. The molecule has 0 aromatic heterocycles. The molecule has 2 N–H and O–H groups in total. The van der Waals surface area contributed by atoms with E-state index in [0.717, 1.165) is 18.4 Å². The van der Waals surface area contributed by atoms with Crippen LogP contribution >= 0.6 is 0 Å². The average Bonchev–Trinajstić information content (AvgIpc) is 3.18. The van der Waals surface area contributed by atoms with Crippen LogP contribution in [0.1, 0.15) is 37.9 Å². The molecule has 1 aromatic carbocycles. The topological polar surface area (TPSA) is 66.4 Å². The third-order valence-corrected chi connectivity index (χ3v) is 5.23. The van der Waals surface area contributed by atoms with Crippen molar-refractivity contribution in [2.45, 2.75) is 32.3 Å². The van der Waals surface area contributed by atoms with Gasteiger partial charge in [0.15, 0.2) is 0 Å². The van der Waals surface area contributed by atoms with Crippen molar-refractivity contribution in [2.24, 2.45) is 5.41 Å². The Labute approximate surface area is 114 Å². The Balaban J connectivity index is 2.00. The molecule has 4 nitrogen and oxygen atoms in total. The first-order valence-corrected chi connectivity index (χ1v) is 8.35. The normalized spacial score (nSPS) is 19.1. The Hall–Kier alpha value is -0.910. The lowest BCUT2D eigenvalue weighted by Crippen LogP contribution is -2.34. The van der Waals surface area contributed by atoms with Gasteiger partial charge in [-0.3, -0.25) is 0 Å². The molecule has 106 valence electrons. The summed E-state index contributed by atoms with van der Waals surface area (Å²) in [6.45, 7) is 2.16. The van der Waals surface area contributed by atoms with Crippen LogP contribution in [0.3, 0.4) is 0 Å². The minimum Gasteiger partial charge on any atom is -0.388 e. The zero-order valence-corrected chi connectivity index (χ0v) is 12.0. The van der Waals surface area contributed by atoms with Crippen molar-refractivity contribution >= 4 is 10.0 Å². The summed E-state index contributed by atoms with van der Waals surface area (Å²) in [6, 6.07) is 9.43. The molecule has 0 amide bonds. The molecule has 0 aliphatic heterocycles. The largest absolute Gasteiger partial charge is 0.388 e. The van der Waals surface area contributed by atoms with Crippen molar-refractivity contribution < 1.29 is 13.5 Å². The molecule has 1 saturated carbocycles. The first-order valence-electron chi connectivity index (χ1n) is 6.69. The third kappa shape index (κ3) is 3.55. The fourth-order valence-corrected chi connectivity index (χ4v) is 3.48. The van der Waals surface area contributed by atoms with Gasteiger partial charge in [0.25, 0.3) is 0 Å². The molecule has 5 heteroatoms. The summed E-state index contributed by atoms with van der Waals surface area (Å²) in [7, 11) is -3.20. The highest BCUT2D eigenvalue weighted by Crippen LogP contribution is 2.54. The Bertz CT molecular complexity index is 509. The smallest absolute Gasteiger partial charge is 0.211 e. The van der Waals surface area contributed by atoms with Gasteiger partial charge in [0.2, 0.25) is 10.0 Å². The lowest BCUT2D eigenvalue weighted by Gasteiger charge is -2.23. The van der Waals surface area contributed by atoms with E-state index >= 15 is 0 Å². The van der Waals surface area contributed by atoms with E-state index in [2.05, 4.69) is 4.72 Å². The molecule has 0 bridgehead atoms. The summed E-state index contributed by atoms with van der Waals surface area (Å²) < 4.78 is 26.0. The van der Waals surface area contributed by atoms with Crippen LogP contribution in [0.2, 0.25) is 0 Å². The van der Waals surface area contributed by atoms with Gasteiger partial charge in [0, 0.05) is 12.0 Å². The maximum Gasteiger partial charge on any atom is 0.211 e. The van der Waals surface area contributed by atoms with Gasteiger partial charge in [-0.2, -0.15) is 0 Å². The van der Waals surface area contributed by atoms with Gasteiger partial charge in [-0.1, -0.05) is 37.3 Å². The summed E-state index contributed by atoms with van der Waals surface area (Å²) in [5.74, 6) is 0.143. The standard InChI is InChI=1S/C14H21NO3S/c1-2-10-19(17,18)15-11-14(8-9-14)13(16)12-6-4-3-5-7-12/h3-7,13,15-16H,2,8-11H2,1H3. The van der Waals surface area contributed by atoms with Crippen LogP contribution in [0.15, 0.2) is 30.3 Å². The van der Waals surface area contributed by atoms with Gasteiger partial charge in [-0.15, -0.1) is 0 Å². The van der Waals surface area contributed by atoms with E-state index in [1.165, 1.54) is 0 Å². The van der Waals surface area contributed by atoms with Crippen molar-refractivity contribution in [2.75, 3.05) is 12.3 Å². The van der Waals surface area contributed by atoms with Gasteiger partial charge in [0.05, 0.1) is 11.9 Å². The number of benzene rings is 1. The molecule has 1 atom stereocenters. The Morgan fingerprint density at radius 2 is 1.95 bits per heavy atom. The first-order chi connectivity index (χ1) is 8.99. The van der Waals surface area contributed by atoms with Gasteiger partial charge in [-0.25, -0.2) is 13.1 Å². The predicted molar refractivity (Wildman–Crippen MR) is 75.1 cm³/mol. The monoisotopic (exact) mass is 283 g/mol. The minimum atomic E-state index is -3.20. The van der Waals surface area contributed by atoms with Gasteiger partial charge in [0.1, 0.15) is 0 Å². The lowest BCUT2D eigenvalue weighted by molar-refractivity contribution is 0.0953. The van der Waals surface area contributed by atoms with E-state index in [9.17, 15) is 13.5 Å². The van der Waals surface area contributed by atoms with Crippen molar-refractivity contribution in [1.29, 1.82) is 0 Å². The Morgan fingerprint density at radius 3 is 2.47 bits per heavy atom. The molecule has 1 fully saturated rings. The molecule has 0 radical (unpaired) electrons. The molecule has 1 unspecified atom stereocenters.